The highest BCUT2D eigenvalue weighted by atomic mass is 16.6. The third-order valence-electron chi connectivity index (χ3n) is 15.6. The summed E-state index contributed by atoms with van der Waals surface area (Å²) in [6.07, 6.45) is 95.8. The Kier molecular flexibility index (Phi) is 67.7. The van der Waals surface area contributed by atoms with Gasteiger partial charge in [-0.3, -0.25) is 14.4 Å². The van der Waals surface area contributed by atoms with Crippen LogP contribution in [-0.2, 0) is 28.6 Å². The highest BCUT2D eigenvalue weighted by Gasteiger charge is 2.19. The Labute approximate surface area is 515 Å². The van der Waals surface area contributed by atoms with E-state index in [0.29, 0.717) is 19.3 Å². The lowest BCUT2D eigenvalue weighted by atomic mass is 10.0. The van der Waals surface area contributed by atoms with Gasteiger partial charge in [-0.15, -0.1) is 0 Å². The van der Waals surface area contributed by atoms with Gasteiger partial charge >= 0.3 is 17.9 Å². The van der Waals surface area contributed by atoms with Gasteiger partial charge in [0.2, 0.25) is 0 Å². The molecule has 0 aliphatic carbocycles. The molecule has 0 fully saturated rings. The van der Waals surface area contributed by atoms with E-state index in [2.05, 4.69) is 118 Å². The molecular formula is C77H134O6. The van der Waals surface area contributed by atoms with Crippen molar-refractivity contribution in [2.75, 3.05) is 13.2 Å². The molecule has 0 aromatic rings. The molecule has 478 valence electrons. The number of hydrogen-bond donors (Lipinski definition) is 0. The van der Waals surface area contributed by atoms with Gasteiger partial charge in [0, 0.05) is 19.3 Å². The first-order valence-corrected chi connectivity index (χ1v) is 35.7. The molecule has 83 heavy (non-hydrogen) atoms. The zero-order valence-corrected chi connectivity index (χ0v) is 54.9. The summed E-state index contributed by atoms with van der Waals surface area (Å²) in [7, 11) is 0. The van der Waals surface area contributed by atoms with Crippen LogP contribution < -0.4 is 0 Å². The minimum Gasteiger partial charge on any atom is -0.462 e. The third kappa shape index (κ3) is 69.0. The second kappa shape index (κ2) is 70.8. The van der Waals surface area contributed by atoms with Crippen LogP contribution in [0.4, 0.5) is 0 Å². The lowest BCUT2D eigenvalue weighted by molar-refractivity contribution is -0.167. The molecule has 0 heterocycles. The summed E-state index contributed by atoms with van der Waals surface area (Å²) < 4.78 is 17.0. The number of ether oxygens (including phenoxy) is 3. The molecule has 0 aromatic heterocycles. The van der Waals surface area contributed by atoms with Crippen LogP contribution in [0.15, 0.2) is 97.2 Å². The minimum absolute atomic E-state index is 0.0939. The first-order valence-electron chi connectivity index (χ1n) is 35.7. The summed E-state index contributed by atoms with van der Waals surface area (Å²) >= 11 is 0. The molecular weight excluding hydrogens is 1020 g/mol. The van der Waals surface area contributed by atoms with Crippen molar-refractivity contribution < 1.29 is 28.6 Å². The van der Waals surface area contributed by atoms with E-state index in [0.717, 1.165) is 96.3 Å². The Morgan fingerprint density at radius 3 is 0.783 bits per heavy atom. The molecule has 0 amide bonds. The fourth-order valence-corrected chi connectivity index (χ4v) is 10.2. The quantitative estimate of drug-likeness (QED) is 0.0261. The van der Waals surface area contributed by atoms with Crippen LogP contribution in [0.25, 0.3) is 0 Å². The van der Waals surface area contributed by atoms with Crippen molar-refractivity contribution >= 4 is 17.9 Å². The van der Waals surface area contributed by atoms with E-state index in [1.807, 2.05) is 0 Å². The standard InChI is InChI=1S/C77H134O6/c1-4-7-10-13-16-19-22-25-28-31-34-36-37-38-39-41-43-46-49-52-55-58-61-64-67-70-76(79)82-73-74(72-81-75(78)69-66-63-60-57-54-51-48-45-42-33-30-27-24-21-18-15-12-9-6-3)83-77(80)71-68-65-62-59-56-53-50-47-44-40-35-32-29-26-23-20-17-14-11-8-5-2/h8,11,17-18,20-21,26-27,29-30,35,40,47,50,56,59,74H,4-7,9-10,12-16,19,22-25,28,31-34,36-39,41-46,48-49,51-55,57-58,60-73H2,1-3H3/b11-8-,20-17-,21-18-,29-26-,30-27-,40-35-,50-47-,59-56-. The number of rotatable bonds is 65. The van der Waals surface area contributed by atoms with Crippen molar-refractivity contribution in [1.29, 1.82) is 0 Å². The van der Waals surface area contributed by atoms with E-state index in [1.54, 1.807) is 0 Å². The summed E-state index contributed by atoms with van der Waals surface area (Å²) in [5.74, 6) is -0.925. The third-order valence-corrected chi connectivity index (χ3v) is 15.6. The number of carbonyl (C=O) groups excluding carboxylic acids is 3. The van der Waals surface area contributed by atoms with Gasteiger partial charge in [0.25, 0.3) is 0 Å². The van der Waals surface area contributed by atoms with E-state index in [4.69, 9.17) is 14.2 Å². The molecule has 0 N–H and O–H groups in total. The van der Waals surface area contributed by atoms with Crippen LogP contribution in [0, 0.1) is 0 Å². The average molecular weight is 1160 g/mol. The fraction of sp³-hybridized carbons (Fsp3) is 0.753. The van der Waals surface area contributed by atoms with Crippen LogP contribution in [0.3, 0.4) is 0 Å². The van der Waals surface area contributed by atoms with E-state index >= 15 is 0 Å². The normalized spacial score (nSPS) is 12.7. The molecule has 0 rings (SSSR count). The molecule has 1 atom stereocenters. The van der Waals surface area contributed by atoms with Crippen molar-refractivity contribution in [1.82, 2.24) is 0 Å². The molecule has 0 radical (unpaired) electrons. The Morgan fingerprint density at radius 2 is 0.470 bits per heavy atom. The molecule has 0 spiro atoms. The molecule has 6 heteroatoms. The van der Waals surface area contributed by atoms with Crippen molar-refractivity contribution in [2.45, 2.75) is 361 Å². The number of hydrogen-bond acceptors (Lipinski definition) is 6. The molecule has 6 nitrogen and oxygen atoms in total. The van der Waals surface area contributed by atoms with Gasteiger partial charge in [-0.2, -0.15) is 0 Å². The molecule has 0 saturated carbocycles. The van der Waals surface area contributed by atoms with Crippen molar-refractivity contribution in [3.8, 4) is 0 Å². The average Bonchev–Trinajstić information content (AvgIpc) is 3.50. The van der Waals surface area contributed by atoms with Crippen molar-refractivity contribution in [3.63, 3.8) is 0 Å². The number of carbonyl (C=O) groups is 3. The Bertz CT molecular complexity index is 1610. The van der Waals surface area contributed by atoms with Crippen molar-refractivity contribution in [3.05, 3.63) is 97.2 Å². The predicted octanol–water partition coefficient (Wildman–Crippen LogP) is 24.8. The molecule has 0 aromatic carbocycles. The van der Waals surface area contributed by atoms with Crippen molar-refractivity contribution in [2.24, 2.45) is 0 Å². The fourth-order valence-electron chi connectivity index (χ4n) is 10.2. The maximum atomic E-state index is 12.9. The summed E-state index contributed by atoms with van der Waals surface area (Å²) in [5, 5.41) is 0. The topological polar surface area (TPSA) is 78.9 Å². The molecule has 0 aliphatic rings. The number of allylic oxidation sites excluding steroid dienone is 16. The van der Waals surface area contributed by atoms with E-state index in [1.165, 1.54) is 212 Å². The second-order valence-electron chi connectivity index (χ2n) is 23.8. The number of unbranched alkanes of at least 4 members (excludes halogenated alkanes) is 38. The van der Waals surface area contributed by atoms with Gasteiger partial charge in [-0.1, -0.05) is 330 Å². The zero-order chi connectivity index (χ0) is 59.9. The minimum atomic E-state index is -0.805. The zero-order valence-electron chi connectivity index (χ0n) is 54.9. The van der Waals surface area contributed by atoms with Crippen LogP contribution in [0.5, 0.6) is 0 Å². The van der Waals surface area contributed by atoms with Crippen LogP contribution in [0.2, 0.25) is 0 Å². The lowest BCUT2D eigenvalue weighted by Crippen LogP contribution is -2.30. The SMILES string of the molecule is CC/C=C\C/C=C\C/C=C\C/C=C\C/C=C\C/C=C\CCCCC(=O)OC(COC(=O)CCCCCCCCCCC/C=C\C/C=C\CCCCC)COC(=O)CCCCCCCCCCCCCCCCCCCCCCCCCCC. The first-order chi connectivity index (χ1) is 41.0. The Hall–Kier alpha value is -3.67. The first kappa shape index (κ1) is 79.3. The van der Waals surface area contributed by atoms with Crippen LogP contribution in [-0.4, -0.2) is 37.2 Å². The summed E-state index contributed by atoms with van der Waals surface area (Å²) in [4.78, 5) is 38.5. The van der Waals surface area contributed by atoms with Gasteiger partial charge in [0.05, 0.1) is 0 Å². The van der Waals surface area contributed by atoms with Gasteiger partial charge in [0.1, 0.15) is 13.2 Å². The lowest BCUT2D eigenvalue weighted by Gasteiger charge is -2.18. The van der Waals surface area contributed by atoms with Gasteiger partial charge in [-0.05, 0) is 103 Å². The molecule has 0 saturated heterocycles. The molecule has 1 unspecified atom stereocenters. The maximum Gasteiger partial charge on any atom is 0.306 e. The summed E-state index contributed by atoms with van der Waals surface area (Å²) in [5.41, 5.74) is 0. The molecule has 0 bridgehead atoms. The van der Waals surface area contributed by atoms with E-state index < -0.39 is 6.10 Å². The second-order valence-corrected chi connectivity index (χ2v) is 23.8. The molecule has 0 aliphatic heterocycles. The summed E-state index contributed by atoms with van der Waals surface area (Å²) in [6.45, 7) is 6.52. The van der Waals surface area contributed by atoms with Crippen LogP contribution >= 0.6 is 0 Å². The largest absolute Gasteiger partial charge is 0.462 e. The van der Waals surface area contributed by atoms with E-state index in [9.17, 15) is 14.4 Å². The smallest absolute Gasteiger partial charge is 0.306 e. The van der Waals surface area contributed by atoms with Gasteiger partial charge in [-0.25, -0.2) is 0 Å². The van der Waals surface area contributed by atoms with Gasteiger partial charge < -0.3 is 14.2 Å². The Balaban J connectivity index is 4.40. The van der Waals surface area contributed by atoms with Gasteiger partial charge in [0.15, 0.2) is 6.10 Å². The number of esters is 3. The highest BCUT2D eigenvalue weighted by Crippen LogP contribution is 2.18. The van der Waals surface area contributed by atoms with Crippen LogP contribution in [0.1, 0.15) is 355 Å². The van der Waals surface area contributed by atoms with E-state index in [-0.39, 0.29) is 37.5 Å². The Morgan fingerprint density at radius 1 is 0.253 bits per heavy atom. The maximum absolute atomic E-state index is 12.9. The monoisotopic (exact) mass is 1160 g/mol. The predicted molar refractivity (Wildman–Crippen MR) is 362 cm³/mol. The highest BCUT2D eigenvalue weighted by molar-refractivity contribution is 5.71. The summed E-state index contributed by atoms with van der Waals surface area (Å²) in [6, 6.07) is 0.